The van der Waals surface area contributed by atoms with E-state index in [0.29, 0.717) is 36.0 Å². The third kappa shape index (κ3) is 4.93. The minimum atomic E-state index is -3.41. The predicted octanol–water partition coefficient (Wildman–Crippen LogP) is 3.49. The Bertz CT molecular complexity index is 838. The Morgan fingerprint density at radius 3 is 2.54 bits per heavy atom. The van der Waals surface area contributed by atoms with E-state index in [4.69, 9.17) is 16.3 Å². The van der Waals surface area contributed by atoms with E-state index in [1.807, 2.05) is 0 Å². The van der Waals surface area contributed by atoms with Crippen molar-refractivity contribution in [2.45, 2.75) is 18.6 Å². The molecule has 1 fully saturated rings. The zero-order valence-corrected chi connectivity index (χ0v) is 15.7. The molecule has 0 amide bonds. The van der Waals surface area contributed by atoms with Gasteiger partial charge in [-0.05, 0) is 36.5 Å². The first-order chi connectivity index (χ1) is 12.4. The van der Waals surface area contributed by atoms with Gasteiger partial charge in [0, 0.05) is 31.5 Å². The Morgan fingerprint density at radius 2 is 1.88 bits per heavy atom. The van der Waals surface area contributed by atoms with Gasteiger partial charge >= 0.3 is 0 Å². The summed E-state index contributed by atoms with van der Waals surface area (Å²) in [6.45, 7) is 1.42. The van der Waals surface area contributed by atoms with Crippen LogP contribution in [0.5, 0.6) is 5.75 Å². The Kier molecular flexibility index (Phi) is 6.11. The number of rotatable bonds is 6. The minimum absolute atomic E-state index is 0.110. The van der Waals surface area contributed by atoms with Gasteiger partial charge < -0.3 is 4.74 Å². The van der Waals surface area contributed by atoms with Gasteiger partial charge in [-0.25, -0.2) is 17.1 Å². The van der Waals surface area contributed by atoms with E-state index >= 15 is 0 Å². The highest BCUT2D eigenvalue weighted by Crippen LogP contribution is 2.26. The molecule has 1 aromatic carbocycles. The lowest BCUT2D eigenvalue weighted by Crippen LogP contribution is -2.40. The molecule has 1 aliphatic heterocycles. The van der Waals surface area contributed by atoms with E-state index in [0.717, 1.165) is 12.8 Å². The fraction of sp³-hybridized carbons (Fsp3) is 0.389. The lowest BCUT2D eigenvalue weighted by atomic mass is 9.99. The number of hydrogen-bond donors (Lipinski definition) is 0. The van der Waals surface area contributed by atoms with Crippen LogP contribution in [0, 0.1) is 11.7 Å². The van der Waals surface area contributed by atoms with Crippen LogP contribution in [-0.4, -0.2) is 37.4 Å². The maximum absolute atomic E-state index is 13.0. The molecule has 0 atom stereocenters. The van der Waals surface area contributed by atoms with Gasteiger partial charge in [0.15, 0.2) is 0 Å². The summed E-state index contributed by atoms with van der Waals surface area (Å²) in [5, 5.41) is 0.465. The Hall–Kier alpha value is -1.70. The summed E-state index contributed by atoms with van der Waals surface area (Å²) in [4.78, 5) is 3.91. The molecular formula is C18H20ClFN2O3S. The van der Waals surface area contributed by atoms with E-state index in [9.17, 15) is 12.8 Å². The summed E-state index contributed by atoms with van der Waals surface area (Å²) in [5.74, 6) is 0.381. The average Bonchev–Trinajstić information content (AvgIpc) is 2.63. The number of aromatic nitrogens is 1. The van der Waals surface area contributed by atoms with Crippen LogP contribution in [0.1, 0.15) is 18.4 Å². The monoisotopic (exact) mass is 398 g/mol. The van der Waals surface area contributed by atoms with Crippen LogP contribution in [-0.2, 0) is 15.8 Å². The van der Waals surface area contributed by atoms with Crippen LogP contribution in [0.3, 0.4) is 0 Å². The van der Waals surface area contributed by atoms with Crippen LogP contribution in [0.4, 0.5) is 4.39 Å². The van der Waals surface area contributed by atoms with Gasteiger partial charge in [-0.15, -0.1) is 0 Å². The van der Waals surface area contributed by atoms with Gasteiger partial charge in [0.25, 0.3) is 0 Å². The number of halogens is 2. The molecule has 3 rings (SSSR count). The second kappa shape index (κ2) is 8.33. The molecule has 8 heteroatoms. The van der Waals surface area contributed by atoms with Crippen molar-refractivity contribution < 1.29 is 17.5 Å². The summed E-state index contributed by atoms with van der Waals surface area (Å²) < 4.78 is 45.3. The lowest BCUT2D eigenvalue weighted by molar-refractivity contribution is 0.185. The van der Waals surface area contributed by atoms with Crippen LogP contribution < -0.4 is 4.74 Å². The smallest absolute Gasteiger partial charge is 0.218 e. The van der Waals surface area contributed by atoms with Crippen molar-refractivity contribution in [3.63, 3.8) is 0 Å². The molecule has 26 heavy (non-hydrogen) atoms. The minimum Gasteiger partial charge on any atom is -0.492 e. The van der Waals surface area contributed by atoms with E-state index < -0.39 is 10.0 Å². The molecule has 140 valence electrons. The first kappa shape index (κ1) is 19.1. The van der Waals surface area contributed by atoms with Crippen molar-refractivity contribution >= 4 is 21.6 Å². The predicted molar refractivity (Wildman–Crippen MR) is 98.1 cm³/mol. The number of hydrogen-bond acceptors (Lipinski definition) is 4. The highest BCUT2D eigenvalue weighted by atomic mass is 35.5. The fourth-order valence-electron chi connectivity index (χ4n) is 2.92. The quantitative estimate of drug-likeness (QED) is 0.747. The maximum atomic E-state index is 13.0. The first-order valence-corrected chi connectivity index (χ1v) is 10.4. The summed E-state index contributed by atoms with van der Waals surface area (Å²) in [6.07, 6.45) is 4.60. The average molecular weight is 399 g/mol. The third-order valence-electron chi connectivity index (χ3n) is 4.44. The molecule has 1 aromatic heterocycles. The van der Waals surface area contributed by atoms with Crippen molar-refractivity contribution in [3.05, 3.63) is 59.1 Å². The second-order valence-corrected chi connectivity index (χ2v) is 8.72. The number of pyridine rings is 1. The molecule has 2 aromatic rings. The molecule has 0 N–H and O–H groups in total. The van der Waals surface area contributed by atoms with Crippen LogP contribution in [0.2, 0.25) is 5.02 Å². The fourth-order valence-corrected chi connectivity index (χ4v) is 4.66. The van der Waals surface area contributed by atoms with Crippen LogP contribution in [0.15, 0.2) is 42.7 Å². The largest absolute Gasteiger partial charge is 0.492 e. The van der Waals surface area contributed by atoms with Gasteiger partial charge in [-0.2, -0.15) is 0 Å². The summed E-state index contributed by atoms with van der Waals surface area (Å²) in [5.41, 5.74) is 0.587. The number of sulfonamides is 1. The van der Waals surface area contributed by atoms with Crippen LogP contribution >= 0.6 is 11.6 Å². The van der Waals surface area contributed by atoms with Crippen LogP contribution in [0.25, 0.3) is 0 Å². The van der Waals surface area contributed by atoms with E-state index in [1.54, 1.807) is 12.3 Å². The number of nitrogens with zero attached hydrogens (tertiary/aromatic N) is 2. The molecule has 0 unspecified atom stereocenters. The number of piperidine rings is 1. The van der Waals surface area contributed by atoms with E-state index in [2.05, 4.69) is 4.98 Å². The highest BCUT2D eigenvalue weighted by molar-refractivity contribution is 7.88. The van der Waals surface area contributed by atoms with Gasteiger partial charge in [-0.3, -0.25) is 4.98 Å². The van der Waals surface area contributed by atoms with Crippen molar-refractivity contribution in [3.8, 4) is 5.75 Å². The molecule has 0 radical (unpaired) electrons. The molecular weight excluding hydrogens is 379 g/mol. The Morgan fingerprint density at radius 1 is 1.19 bits per heavy atom. The third-order valence-corrected chi connectivity index (χ3v) is 6.57. The van der Waals surface area contributed by atoms with Gasteiger partial charge in [0.05, 0.1) is 12.4 Å². The zero-order chi connectivity index (χ0) is 18.6. The first-order valence-electron chi connectivity index (χ1n) is 8.38. The highest BCUT2D eigenvalue weighted by Gasteiger charge is 2.28. The van der Waals surface area contributed by atoms with Crippen molar-refractivity contribution in [1.82, 2.24) is 9.29 Å². The SMILES string of the molecule is O=S(=O)(Cc1ccc(F)cc1)N1CCC(COc2ccncc2Cl)CC1. The van der Waals surface area contributed by atoms with E-state index in [1.165, 1.54) is 34.8 Å². The van der Waals surface area contributed by atoms with Crippen molar-refractivity contribution in [2.75, 3.05) is 19.7 Å². The van der Waals surface area contributed by atoms with Crippen molar-refractivity contribution in [1.29, 1.82) is 0 Å². The number of ether oxygens (including phenoxy) is 1. The molecule has 0 saturated carbocycles. The molecule has 2 heterocycles. The van der Waals surface area contributed by atoms with E-state index in [-0.39, 0.29) is 17.5 Å². The Balaban J connectivity index is 1.51. The molecule has 0 bridgehead atoms. The Labute approximate surface area is 157 Å². The molecule has 1 saturated heterocycles. The van der Waals surface area contributed by atoms with Gasteiger partial charge in [-0.1, -0.05) is 23.7 Å². The topological polar surface area (TPSA) is 59.5 Å². The van der Waals surface area contributed by atoms with Crippen molar-refractivity contribution in [2.24, 2.45) is 5.92 Å². The lowest BCUT2D eigenvalue weighted by Gasteiger charge is -2.31. The summed E-state index contributed by atoms with van der Waals surface area (Å²) in [6, 6.07) is 7.28. The van der Waals surface area contributed by atoms with Gasteiger partial charge in [0.1, 0.15) is 16.6 Å². The molecule has 0 spiro atoms. The molecule has 5 nitrogen and oxygen atoms in total. The molecule has 1 aliphatic rings. The molecule has 0 aliphatic carbocycles. The zero-order valence-electron chi connectivity index (χ0n) is 14.1. The maximum Gasteiger partial charge on any atom is 0.218 e. The summed E-state index contributed by atoms with van der Waals surface area (Å²) in [7, 11) is -3.41. The number of benzene rings is 1. The summed E-state index contributed by atoms with van der Waals surface area (Å²) >= 11 is 6.01. The second-order valence-electron chi connectivity index (χ2n) is 6.34. The normalized spacial score (nSPS) is 16.5. The standard InChI is InChI=1S/C18H20ClFN2O3S/c19-17-11-21-8-5-18(17)25-12-14-6-9-22(10-7-14)26(23,24)13-15-1-3-16(20)4-2-15/h1-5,8,11,14H,6-7,9-10,12-13H2. The van der Waals surface area contributed by atoms with Gasteiger partial charge in [0.2, 0.25) is 10.0 Å².